The van der Waals surface area contributed by atoms with Crippen molar-refractivity contribution in [2.24, 2.45) is 0 Å². The largest absolute Gasteiger partial charge is 0.465 e. The summed E-state index contributed by atoms with van der Waals surface area (Å²) in [5.41, 5.74) is 2.02. The molecule has 4 nitrogen and oxygen atoms in total. The van der Waals surface area contributed by atoms with Gasteiger partial charge in [0.05, 0.1) is 7.11 Å². The van der Waals surface area contributed by atoms with Gasteiger partial charge in [0.1, 0.15) is 11.4 Å². The van der Waals surface area contributed by atoms with Gasteiger partial charge in [-0.2, -0.15) is 0 Å². The molecule has 1 aliphatic heterocycles. The molecule has 22 heavy (non-hydrogen) atoms. The van der Waals surface area contributed by atoms with Gasteiger partial charge in [-0.1, -0.05) is 13.8 Å². The summed E-state index contributed by atoms with van der Waals surface area (Å²) < 4.78 is 31.2. The Balaban J connectivity index is 0.00000116. The van der Waals surface area contributed by atoms with Crippen LogP contribution in [0.1, 0.15) is 48.2 Å². The van der Waals surface area contributed by atoms with Crippen LogP contribution in [0.4, 0.5) is 14.6 Å². The lowest BCUT2D eigenvalue weighted by atomic mass is 10.0. The van der Waals surface area contributed by atoms with Gasteiger partial charge in [0.25, 0.3) is 5.92 Å². The number of piperidine rings is 1. The zero-order chi connectivity index (χ0) is 16.9. The molecule has 0 spiro atoms. The van der Waals surface area contributed by atoms with Crippen molar-refractivity contribution in [1.29, 1.82) is 0 Å². The summed E-state index contributed by atoms with van der Waals surface area (Å²) in [5, 5.41) is 0. The van der Waals surface area contributed by atoms with E-state index in [9.17, 15) is 13.6 Å². The summed E-state index contributed by atoms with van der Waals surface area (Å²) >= 11 is 0. The number of ether oxygens (including phenoxy) is 1. The van der Waals surface area contributed by atoms with E-state index in [1.54, 1.807) is 11.1 Å². The summed E-state index contributed by atoms with van der Waals surface area (Å²) in [5.74, 6) is -2.66. The lowest BCUT2D eigenvalue weighted by Gasteiger charge is -2.33. The van der Waals surface area contributed by atoms with Gasteiger partial charge < -0.3 is 9.64 Å². The summed E-state index contributed by atoms with van der Waals surface area (Å²) in [6.07, 6.45) is 1.22. The molecule has 1 aromatic heterocycles. The van der Waals surface area contributed by atoms with E-state index in [1.165, 1.54) is 7.11 Å². The van der Waals surface area contributed by atoms with Gasteiger partial charge in [-0.05, 0) is 25.0 Å². The van der Waals surface area contributed by atoms with Crippen molar-refractivity contribution in [3.63, 3.8) is 0 Å². The van der Waals surface area contributed by atoms with Crippen LogP contribution in [-0.2, 0) is 4.74 Å². The van der Waals surface area contributed by atoms with E-state index < -0.39 is 11.9 Å². The van der Waals surface area contributed by atoms with Crippen molar-refractivity contribution in [3.8, 4) is 0 Å². The molecule has 0 aliphatic carbocycles. The van der Waals surface area contributed by atoms with E-state index >= 15 is 0 Å². The van der Waals surface area contributed by atoms with Gasteiger partial charge in [0.2, 0.25) is 0 Å². The average Bonchev–Trinajstić information content (AvgIpc) is 2.51. The molecule has 2 heterocycles. The Bertz CT molecular complexity index is 523. The van der Waals surface area contributed by atoms with E-state index in [1.807, 2.05) is 27.7 Å². The molecule has 0 radical (unpaired) electrons. The molecular weight excluding hydrogens is 290 g/mol. The van der Waals surface area contributed by atoms with Gasteiger partial charge in [0, 0.05) is 32.1 Å². The number of aromatic nitrogens is 1. The van der Waals surface area contributed by atoms with Crippen molar-refractivity contribution in [2.75, 3.05) is 25.1 Å². The van der Waals surface area contributed by atoms with E-state index in [0.717, 1.165) is 11.1 Å². The first-order valence-corrected chi connectivity index (χ1v) is 7.53. The van der Waals surface area contributed by atoms with Crippen LogP contribution in [0.3, 0.4) is 0 Å². The highest BCUT2D eigenvalue weighted by Crippen LogP contribution is 2.32. The van der Waals surface area contributed by atoms with Crippen LogP contribution in [0.15, 0.2) is 6.20 Å². The number of esters is 1. The molecule has 1 aromatic rings. The Morgan fingerprint density at radius 2 is 1.82 bits per heavy atom. The Morgan fingerprint density at radius 1 is 1.27 bits per heavy atom. The predicted molar refractivity (Wildman–Crippen MR) is 82.8 cm³/mol. The van der Waals surface area contributed by atoms with Crippen molar-refractivity contribution in [3.05, 3.63) is 22.9 Å². The van der Waals surface area contributed by atoms with Gasteiger partial charge in [0.15, 0.2) is 0 Å². The summed E-state index contributed by atoms with van der Waals surface area (Å²) in [4.78, 5) is 17.9. The number of aryl methyl sites for hydroxylation is 1. The number of nitrogens with zero attached hydrogens (tertiary/aromatic N) is 2. The number of alkyl halides is 2. The first kappa shape index (κ1) is 18.3. The van der Waals surface area contributed by atoms with E-state index in [4.69, 9.17) is 4.74 Å². The number of hydrogen-bond acceptors (Lipinski definition) is 4. The zero-order valence-electron chi connectivity index (χ0n) is 13.9. The smallest absolute Gasteiger partial charge is 0.341 e. The lowest BCUT2D eigenvalue weighted by Crippen LogP contribution is -2.40. The summed E-state index contributed by atoms with van der Waals surface area (Å²) in [7, 11) is 1.30. The number of carbonyl (C=O) groups excluding carboxylic acids is 1. The Morgan fingerprint density at radius 3 is 2.32 bits per heavy atom. The summed E-state index contributed by atoms with van der Waals surface area (Å²) in [6.45, 7) is 8.03. The fourth-order valence-electron chi connectivity index (χ4n) is 2.32. The van der Waals surface area contributed by atoms with Crippen LogP contribution < -0.4 is 4.90 Å². The maximum absolute atomic E-state index is 13.2. The normalized spacial score (nSPS) is 16.6. The van der Waals surface area contributed by atoms with Gasteiger partial charge >= 0.3 is 5.97 Å². The third-order valence-corrected chi connectivity index (χ3v) is 3.75. The second-order valence-electron chi connectivity index (χ2n) is 5.10. The molecule has 1 aliphatic rings. The molecule has 0 aromatic carbocycles. The van der Waals surface area contributed by atoms with Crippen molar-refractivity contribution in [2.45, 2.75) is 46.5 Å². The highest BCUT2D eigenvalue weighted by atomic mass is 19.3. The number of carbonyl (C=O) groups is 1. The fourth-order valence-corrected chi connectivity index (χ4v) is 2.32. The third kappa shape index (κ3) is 3.93. The van der Waals surface area contributed by atoms with Gasteiger partial charge in [-0.15, -0.1) is 0 Å². The standard InChI is InChI=1S/C14H18F2N2O2.C2H6/c1-9-8-17-12(11(10(9)2)13(19)20-3)18-6-4-14(15,16)5-7-18;1-2/h8H,4-7H2,1-3H3;1-2H3. The van der Waals surface area contributed by atoms with Gasteiger partial charge in [-0.25, -0.2) is 18.6 Å². The molecule has 0 unspecified atom stereocenters. The SMILES string of the molecule is CC.COC(=O)c1c(N2CCC(F)(F)CC2)ncc(C)c1C. The Kier molecular flexibility index (Phi) is 6.26. The first-order chi connectivity index (χ1) is 10.4. The number of halogens is 2. The number of hydrogen-bond donors (Lipinski definition) is 0. The second-order valence-corrected chi connectivity index (χ2v) is 5.10. The monoisotopic (exact) mass is 314 g/mol. The van der Waals surface area contributed by atoms with Crippen molar-refractivity contribution < 1.29 is 18.3 Å². The van der Waals surface area contributed by atoms with Gasteiger partial charge in [-0.3, -0.25) is 0 Å². The maximum Gasteiger partial charge on any atom is 0.341 e. The third-order valence-electron chi connectivity index (χ3n) is 3.75. The summed E-state index contributed by atoms with van der Waals surface area (Å²) in [6, 6.07) is 0. The number of anilines is 1. The molecular formula is C16H24F2N2O2. The minimum absolute atomic E-state index is 0.187. The molecule has 0 N–H and O–H groups in total. The van der Waals surface area contributed by atoms with Crippen molar-refractivity contribution in [1.82, 2.24) is 4.98 Å². The fraction of sp³-hybridized carbons (Fsp3) is 0.625. The van der Waals surface area contributed by atoms with Crippen LogP contribution in [0.2, 0.25) is 0 Å². The Labute approximate surface area is 130 Å². The Hall–Kier alpha value is -1.72. The molecule has 0 saturated carbocycles. The first-order valence-electron chi connectivity index (χ1n) is 7.53. The number of pyridine rings is 1. The van der Waals surface area contributed by atoms with Crippen LogP contribution in [0.5, 0.6) is 0 Å². The van der Waals surface area contributed by atoms with Crippen LogP contribution in [0, 0.1) is 13.8 Å². The topological polar surface area (TPSA) is 42.4 Å². The molecule has 2 rings (SSSR count). The van der Waals surface area contributed by atoms with E-state index in [0.29, 0.717) is 11.4 Å². The quantitative estimate of drug-likeness (QED) is 0.780. The van der Waals surface area contributed by atoms with E-state index in [-0.39, 0.29) is 25.9 Å². The molecule has 1 fully saturated rings. The minimum atomic E-state index is -2.62. The predicted octanol–water partition coefficient (Wildman–Crippen LogP) is 3.75. The molecule has 6 heteroatoms. The second kappa shape index (κ2) is 7.51. The maximum atomic E-state index is 13.2. The average molecular weight is 314 g/mol. The molecule has 1 saturated heterocycles. The molecule has 0 atom stereocenters. The molecule has 0 bridgehead atoms. The minimum Gasteiger partial charge on any atom is -0.465 e. The highest BCUT2D eigenvalue weighted by Gasteiger charge is 2.35. The number of methoxy groups -OCH3 is 1. The lowest BCUT2D eigenvalue weighted by molar-refractivity contribution is -0.0221. The van der Waals surface area contributed by atoms with E-state index in [2.05, 4.69) is 4.98 Å². The highest BCUT2D eigenvalue weighted by molar-refractivity contribution is 5.96. The van der Waals surface area contributed by atoms with Crippen LogP contribution in [0.25, 0.3) is 0 Å². The van der Waals surface area contributed by atoms with Crippen LogP contribution in [-0.4, -0.2) is 37.1 Å². The molecule has 124 valence electrons. The van der Waals surface area contributed by atoms with Crippen molar-refractivity contribution >= 4 is 11.8 Å². The number of rotatable bonds is 2. The molecule has 0 amide bonds. The zero-order valence-corrected chi connectivity index (χ0v) is 13.9. The van der Waals surface area contributed by atoms with Crippen LogP contribution >= 0.6 is 0 Å².